The summed E-state index contributed by atoms with van der Waals surface area (Å²) in [6.45, 7) is 3.04. The molecule has 11 heavy (non-hydrogen) atoms. The summed E-state index contributed by atoms with van der Waals surface area (Å²) in [4.78, 5) is 0. The monoisotopic (exact) mass is 157 g/mol. The maximum absolute atomic E-state index is 5.89. The summed E-state index contributed by atoms with van der Waals surface area (Å²) < 4.78 is 5.63. The molecule has 0 aliphatic carbocycles. The maximum Gasteiger partial charge on any atom is 0.0725 e. The van der Waals surface area contributed by atoms with Gasteiger partial charge in [-0.1, -0.05) is 19.8 Å². The lowest BCUT2D eigenvalue weighted by Crippen LogP contribution is -2.35. The maximum atomic E-state index is 5.89. The van der Waals surface area contributed by atoms with Crippen LogP contribution in [-0.2, 0) is 4.74 Å². The first-order valence-corrected chi connectivity index (χ1v) is 4.71. The summed E-state index contributed by atoms with van der Waals surface area (Å²) in [5.74, 6) is 0. The molecule has 1 aliphatic rings. The SMILES string of the molecule is CCC(N)C1CCCCCO1. The molecule has 2 heteroatoms. The molecule has 66 valence electrons. The highest BCUT2D eigenvalue weighted by Crippen LogP contribution is 2.15. The van der Waals surface area contributed by atoms with Gasteiger partial charge in [0.2, 0.25) is 0 Å². The molecule has 0 aromatic heterocycles. The van der Waals surface area contributed by atoms with Gasteiger partial charge in [0, 0.05) is 12.6 Å². The minimum Gasteiger partial charge on any atom is -0.377 e. The predicted molar refractivity (Wildman–Crippen MR) is 46.5 cm³/mol. The first kappa shape index (κ1) is 9.01. The van der Waals surface area contributed by atoms with Crippen molar-refractivity contribution >= 4 is 0 Å². The topological polar surface area (TPSA) is 35.2 Å². The predicted octanol–water partition coefficient (Wildman–Crippen LogP) is 1.68. The van der Waals surface area contributed by atoms with Crippen LogP contribution in [0.3, 0.4) is 0 Å². The average Bonchev–Trinajstić information content (AvgIpc) is 2.30. The van der Waals surface area contributed by atoms with E-state index in [1.807, 2.05) is 0 Å². The zero-order valence-corrected chi connectivity index (χ0v) is 7.38. The normalized spacial score (nSPS) is 29.5. The van der Waals surface area contributed by atoms with Crippen LogP contribution in [0.5, 0.6) is 0 Å². The van der Waals surface area contributed by atoms with Gasteiger partial charge in [0.15, 0.2) is 0 Å². The van der Waals surface area contributed by atoms with E-state index in [4.69, 9.17) is 10.5 Å². The van der Waals surface area contributed by atoms with Gasteiger partial charge in [-0.15, -0.1) is 0 Å². The first-order valence-electron chi connectivity index (χ1n) is 4.71. The third-order valence-corrected chi connectivity index (χ3v) is 2.41. The van der Waals surface area contributed by atoms with Crippen LogP contribution in [0.2, 0.25) is 0 Å². The van der Waals surface area contributed by atoms with Crippen molar-refractivity contribution in [3.05, 3.63) is 0 Å². The van der Waals surface area contributed by atoms with Gasteiger partial charge in [-0.2, -0.15) is 0 Å². The quantitative estimate of drug-likeness (QED) is 0.662. The molecule has 2 N–H and O–H groups in total. The van der Waals surface area contributed by atoms with Crippen molar-refractivity contribution in [2.75, 3.05) is 6.61 Å². The highest BCUT2D eigenvalue weighted by Gasteiger charge is 2.18. The van der Waals surface area contributed by atoms with Gasteiger partial charge in [0.1, 0.15) is 0 Å². The summed E-state index contributed by atoms with van der Waals surface area (Å²) in [7, 11) is 0. The average molecular weight is 157 g/mol. The van der Waals surface area contributed by atoms with Crippen molar-refractivity contribution in [2.24, 2.45) is 5.73 Å². The second kappa shape index (κ2) is 4.73. The largest absolute Gasteiger partial charge is 0.377 e. The number of hydrogen-bond acceptors (Lipinski definition) is 2. The third kappa shape index (κ3) is 2.80. The molecule has 0 amide bonds. The lowest BCUT2D eigenvalue weighted by atomic mass is 10.0. The van der Waals surface area contributed by atoms with Crippen LogP contribution in [0.4, 0.5) is 0 Å². The Kier molecular flexibility index (Phi) is 3.87. The van der Waals surface area contributed by atoms with E-state index in [1.165, 1.54) is 19.3 Å². The molecule has 1 saturated heterocycles. The molecule has 2 atom stereocenters. The number of ether oxygens (including phenoxy) is 1. The molecular weight excluding hydrogens is 138 g/mol. The molecular formula is C9H19NO. The van der Waals surface area contributed by atoms with Gasteiger partial charge in [0.25, 0.3) is 0 Å². The van der Waals surface area contributed by atoms with Gasteiger partial charge in [-0.05, 0) is 19.3 Å². The second-order valence-electron chi connectivity index (χ2n) is 3.33. The Bertz CT molecular complexity index is 97.7. The van der Waals surface area contributed by atoms with Crippen LogP contribution in [0, 0.1) is 0 Å². The fraction of sp³-hybridized carbons (Fsp3) is 1.00. The van der Waals surface area contributed by atoms with Gasteiger partial charge in [-0.25, -0.2) is 0 Å². The summed E-state index contributed by atoms with van der Waals surface area (Å²) in [5.41, 5.74) is 5.89. The van der Waals surface area contributed by atoms with Crippen molar-refractivity contribution in [1.82, 2.24) is 0 Å². The molecule has 0 aromatic carbocycles. The van der Waals surface area contributed by atoms with Crippen LogP contribution in [0.1, 0.15) is 39.0 Å². The number of hydrogen-bond donors (Lipinski definition) is 1. The Labute approximate surface area is 69.1 Å². The van der Waals surface area contributed by atoms with Gasteiger partial charge < -0.3 is 10.5 Å². The molecule has 1 fully saturated rings. The Morgan fingerprint density at radius 3 is 3.00 bits per heavy atom. The van der Waals surface area contributed by atoms with Crippen molar-refractivity contribution in [2.45, 2.75) is 51.2 Å². The highest BCUT2D eigenvalue weighted by molar-refractivity contribution is 4.73. The fourth-order valence-electron chi connectivity index (χ4n) is 1.54. The summed E-state index contributed by atoms with van der Waals surface area (Å²) in [6.07, 6.45) is 6.35. The van der Waals surface area contributed by atoms with Crippen molar-refractivity contribution < 1.29 is 4.74 Å². The van der Waals surface area contributed by atoms with Gasteiger partial charge in [-0.3, -0.25) is 0 Å². The van der Waals surface area contributed by atoms with E-state index >= 15 is 0 Å². The van der Waals surface area contributed by atoms with E-state index < -0.39 is 0 Å². The highest BCUT2D eigenvalue weighted by atomic mass is 16.5. The van der Waals surface area contributed by atoms with Gasteiger partial charge >= 0.3 is 0 Å². The Balaban J connectivity index is 2.30. The molecule has 2 nitrogen and oxygen atoms in total. The second-order valence-corrected chi connectivity index (χ2v) is 3.33. The molecule has 0 aromatic rings. The zero-order valence-electron chi connectivity index (χ0n) is 7.38. The van der Waals surface area contributed by atoms with Crippen molar-refractivity contribution in [3.63, 3.8) is 0 Å². The standard InChI is InChI=1S/C9H19NO/c1-2-8(10)9-6-4-3-5-7-11-9/h8-9H,2-7,10H2,1H3. The van der Waals surface area contributed by atoms with E-state index in [1.54, 1.807) is 0 Å². The third-order valence-electron chi connectivity index (χ3n) is 2.41. The van der Waals surface area contributed by atoms with Crippen LogP contribution in [-0.4, -0.2) is 18.8 Å². The van der Waals surface area contributed by atoms with E-state index in [9.17, 15) is 0 Å². The van der Waals surface area contributed by atoms with Crippen LogP contribution in [0.25, 0.3) is 0 Å². The molecule has 0 saturated carbocycles. The fourth-order valence-corrected chi connectivity index (χ4v) is 1.54. The van der Waals surface area contributed by atoms with Crippen molar-refractivity contribution in [3.8, 4) is 0 Å². The molecule has 2 unspecified atom stereocenters. The first-order chi connectivity index (χ1) is 5.34. The van der Waals surface area contributed by atoms with E-state index in [-0.39, 0.29) is 6.04 Å². The van der Waals surface area contributed by atoms with Crippen molar-refractivity contribution in [1.29, 1.82) is 0 Å². The lowest BCUT2D eigenvalue weighted by molar-refractivity contribution is 0.0397. The van der Waals surface area contributed by atoms with E-state index in [0.29, 0.717) is 6.10 Å². The Hall–Kier alpha value is -0.0800. The number of nitrogens with two attached hydrogens (primary N) is 1. The minimum absolute atomic E-state index is 0.257. The van der Waals surface area contributed by atoms with Gasteiger partial charge in [0.05, 0.1) is 6.10 Å². The summed E-state index contributed by atoms with van der Waals surface area (Å²) >= 11 is 0. The summed E-state index contributed by atoms with van der Waals surface area (Å²) in [6, 6.07) is 0.257. The van der Waals surface area contributed by atoms with Crippen LogP contribution >= 0.6 is 0 Å². The number of rotatable bonds is 2. The molecule has 1 rings (SSSR count). The molecule has 1 heterocycles. The van der Waals surface area contributed by atoms with Crippen LogP contribution in [0.15, 0.2) is 0 Å². The molecule has 0 radical (unpaired) electrons. The Morgan fingerprint density at radius 2 is 2.27 bits per heavy atom. The Morgan fingerprint density at radius 1 is 1.45 bits per heavy atom. The summed E-state index contributed by atoms with van der Waals surface area (Å²) in [5, 5.41) is 0. The van der Waals surface area contributed by atoms with E-state index in [0.717, 1.165) is 19.4 Å². The molecule has 0 spiro atoms. The smallest absolute Gasteiger partial charge is 0.0725 e. The van der Waals surface area contributed by atoms with Crippen LogP contribution < -0.4 is 5.73 Å². The minimum atomic E-state index is 0.257. The molecule has 1 aliphatic heterocycles. The zero-order chi connectivity index (χ0) is 8.10. The van der Waals surface area contributed by atoms with E-state index in [2.05, 4.69) is 6.92 Å². The molecule has 0 bridgehead atoms. The lowest BCUT2D eigenvalue weighted by Gasteiger charge is -2.20.